The second kappa shape index (κ2) is 7.32. The van der Waals surface area contributed by atoms with Crippen LogP contribution in [0.3, 0.4) is 0 Å². The van der Waals surface area contributed by atoms with Crippen LogP contribution >= 0.6 is 0 Å². The Hall–Kier alpha value is -3.26. The first-order valence-electron chi connectivity index (χ1n) is 7.69. The van der Waals surface area contributed by atoms with Crippen molar-refractivity contribution in [2.24, 2.45) is 0 Å². The van der Waals surface area contributed by atoms with Crippen LogP contribution in [-0.4, -0.2) is 26.7 Å². The Labute approximate surface area is 151 Å². The predicted molar refractivity (Wildman–Crippen MR) is 105 cm³/mol. The number of nitrogens with one attached hydrogen (secondary N) is 3. The summed E-state index contributed by atoms with van der Waals surface area (Å²) in [5.41, 5.74) is 1.81. The van der Waals surface area contributed by atoms with Crippen LogP contribution in [0.15, 0.2) is 53.6 Å². The van der Waals surface area contributed by atoms with Gasteiger partial charge in [-0.05, 0) is 29.7 Å². The van der Waals surface area contributed by atoms with Crippen LogP contribution in [0.4, 0.5) is 5.69 Å². The van der Waals surface area contributed by atoms with Crippen LogP contribution in [0.25, 0.3) is 27.2 Å². The number of rotatable bonds is 5. The average molecular weight is 368 g/mol. The molecule has 3 aromatic rings. The van der Waals surface area contributed by atoms with E-state index in [1.165, 1.54) is 12.3 Å². The summed E-state index contributed by atoms with van der Waals surface area (Å²) < 4.78 is 24.1. The highest BCUT2D eigenvalue weighted by molar-refractivity contribution is 7.73. The van der Waals surface area contributed by atoms with Gasteiger partial charge in [0.2, 0.25) is 10.9 Å². The summed E-state index contributed by atoms with van der Waals surface area (Å²) in [6, 6.07) is 9.99. The highest BCUT2D eigenvalue weighted by Crippen LogP contribution is 2.20. The molecule has 0 spiro atoms. The molecule has 0 atom stereocenters. The Morgan fingerprint density at radius 3 is 2.62 bits per heavy atom. The molecule has 1 aromatic heterocycles. The summed E-state index contributed by atoms with van der Waals surface area (Å²) in [6.45, 7) is 0. The second-order valence-electron chi connectivity index (χ2n) is 5.52. The van der Waals surface area contributed by atoms with Crippen molar-refractivity contribution < 1.29 is 8.42 Å². The first kappa shape index (κ1) is 17.6. The average Bonchev–Trinajstić information content (AvgIpc) is 2.76. The van der Waals surface area contributed by atoms with Crippen LogP contribution in [-0.2, 0) is 10.9 Å². The van der Waals surface area contributed by atoms with E-state index in [4.69, 9.17) is 5.41 Å². The van der Waals surface area contributed by atoms with Gasteiger partial charge in [-0.3, -0.25) is 14.5 Å². The van der Waals surface area contributed by atoms with E-state index in [1.54, 1.807) is 49.8 Å². The van der Waals surface area contributed by atoms with Crippen LogP contribution in [0.1, 0.15) is 5.56 Å². The van der Waals surface area contributed by atoms with Crippen LogP contribution < -0.4 is 15.5 Å². The Bertz CT molecular complexity index is 1180. The molecule has 8 heteroatoms. The first-order chi connectivity index (χ1) is 12.5. The molecule has 1 heterocycles. The maximum atomic E-state index is 13.0. The van der Waals surface area contributed by atoms with E-state index in [1.807, 2.05) is 0 Å². The summed E-state index contributed by atoms with van der Waals surface area (Å²) in [7, 11) is -1.09. The molecule has 2 aromatic carbocycles. The van der Waals surface area contributed by atoms with Crippen molar-refractivity contribution in [1.82, 2.24) is 10.3 Å². The molecule has 0 bridgehead atoms. The molecule has 0 saturated carbocycles. The van der Waals surface area contributed by atoms with Gasteiger partial charge in [0.15, 0.2) is 5.43 Å². The van der Waals surface area contributed by atoms with Gasteiger partial charge in [-0.1, -0.05) is 12.1 Å². The number of benzene rings is 1. The van der Waals surface area contributed by atoms with Crippen molar-refractivity contribution in [3.8, 4) is 0 Å². The highest BCUT2D eigenvalue weighted by atomic mass is 32.2. The maximum Gasteiger partial charge on any atom is 0.222 e. The van der Waals surface area contributed by atoms with Gasteiger partial charge in [-0.2, -0.15) is 0 Å². The molecule has 0 unspecified atom stereocenters. The lowest BCUT2D eigenvalue weighted by Gasteiger charge is -2.02. The predicted octanol–water partition coefficient (Wildman–Crippen LogP) is 1.90. The second-order valence-corrected chi connectivity index (χ2v) is 6.26. The van der Waals surface area contributed by atoms with Crippen molar-refractivity contribution in [3.05, 3.63) is 64.6 Å². The number of pyridine rings is 1. The molecule has 0 aliphatic heterocycles. The Morgan fingerprint density at radius 2 is 1.92 bits per heavy atom. The smallest absolute Gasteiger partial charge is 0.222 e. The number of nitrogens with zero attached hydrogens (tertiary/aromatic N) is 1. The molecule has 7 nitrogen and oxygen atoms in total. The lowest BCUT2D eigenvalue weighted by atomic mass is 10.1. The molecule has 26 heavy (non-hydrogen) atoms. The maximum absolute atomic E-state index is 13.0. The van der Waals surface area contributed by atoms with Gasteiger partial charge >= 0.3 is 0 Å². The van der Waals surface area contributed by atoms with E-state index < -0.39 is 10.9 Å². The third-order valence-corrected chi connectivity index (χ3v) is 4.33. The summed E-state index contributed by atoms with van der Waals surface area (Å²) in [4.78, 5) is 17.4. The minimum atomic E-state index is -2.81. The summed E-state index contributed by atoms with van der Waals surface area (Å²) >= 11 is 0. The minimum Gasteiger partial charge on any atom is -0.393 e. The van der Waals surface area contributed by atoms with Crippen molar-refractivity contribution >= 4 is 50.0 Å². The Morgan fingerprint density at radius 1 is 1.15 bits per heavy atom. The third kappa shape index (κ3) is 3.40. The zero-order valence-electron chi connectivity index (χ0n) is 13.8. The molecule has 0 aliphatic carbocycles. The zero-order valence-corrected chi connectivity index (χ0v) is 14.7. The molecule has 0 fully saturated rings. The SMILES string of the molecule is CN/C=C(\C=N)c1cnc2ccc3ccc(N[SH](=O)=O)cc3c(=O)c2c1. The molecule has 0 amide bonds. The Kier molecular flexibility index (Phi) is 4.94. The van der Waals surface area contributed by atoms with E-state index in [0.717, 1.165) is 0 Å². The van der Waals surface area contributed by atoms with E-state index >= 15 is 0 Å². The lowest BCUT2D eigenvalue weighted by molar-refractivity contribution is 0.619. The zero-order chi connectivity index (χ0) is 18.7. The molecular weight excluding hydrogens is 352 g/mol. The van der Waals surface area contributed by atoms with Crippen molar-refractivity contribution in [2.75, 3.05) is 11.8 Å². The number of allylic oxidation sites excluding steroid dienone is 1. The number of anilines is 1. The fourth-order valence-corrected chi connectivity index (χ4v) is 3.05. The first-order valence-corrected chi connectivity index (χ1v) is 8.87. The number of aromatic nitrogens is 1. The van der Waals surface area contributed by atoms with Gasteiger partial charge in [-0.25, -0.2) is 8.42 Å². The number of fused-ring (bicyclic) bond motifs is 2. The quantitative estimate of drug-likeness (QED) is 0.406. The monoisotopic (exact) mass is 368 g/mol. The number of hydrogen-bond donors (Lipinski definition) is 4. The van der Waals surface area contributed by atoms with Gasteiger partial charge < -0.3 is 10.7 Å². The molecule has 3 N–H and O–H groups in total. The molecular formula is C18H16N4O3S. The van der Waals surface area contributed by atoms with Crippen molar-refractivity contribution in [2.45, 2.75) is 0 Å². The molecule has 3 rings (SSSR count). The largest absolute Gasteiger partial charge is 0.393 e. The van der Waals surface area contributed by atoms with E-state index in [-0.39, 0.29) is 5.43 Å². The lowest BCUT2D eigenvalue weighted by Crippen LogP contribution is -2.03. The van der Waals surface area contributed by atoms with Gasteiger partial charge in [0.25, 0.3) is 0 Å². The fourth-order valence-electron chi connectivity index (χ4n) is 2.70. The van der Waals surface area contributed by atoms with Gasteiger partial charge in [-0.15, -0.1) is 0 Å². The Balaban J connectivity index is 2.33. The van der Waals surface area contributed by atoms with Crippen LogP contribution in [0.5, 0.6) is 0 Å². The minimum absolute atomic E-state index is 0.257. The molecule has 132 valence electrons. The van der Waals surface area contributed by atoms with Crippen molar-refractivity contribution in [3.63, 3.8) is 0 Å². The summed E-state index contributed by atoms with van der Waals surface area (Å²) in [6.07, 6.45) is 4.43. The van der Waals surface area contributed by atoms with E-state index in [9.17, 15) is 13.2 Å². The number of hydrogen-bond acceptors (Lipinski definition) is 6. The fraction of sp³-hybridized carbons (Fsp3) is 0.0556. The summed E-state index contributed by atoms with van der Waals surface area (Å²) in [5, 5.41) is 11.8. The normalized spacial score (nSPS) is 11.7. The molecule has 0 saturated heterocycles. The third-order valence-electron chi connectivity index (χ3n) is 3.89. The molecule has 0 radical (unpaired) electrons. The topological polar surface area (TPSA) is 112 Å². The van der Waals surface area contributed by atoms with E-state index in [0.29, 0.717) is 38.5 Å². The molecule has 0 aliphatic rings. The van der Waals surface area contributed by atoms with E-state index in [2.05, 4.69) is 15.0 Å². The van der Waals surface area contributed by atoms with Gasteiger partial charge in [0, 0.05) is 53.3 Å². The standard InChI is InChI=1S/C18H16N4O3S/c1-20-9-13(8-19)12-6-16-17(21-10-12)5-3-11-2-4-14(22-26(24)25)7-15(11)18(16)23/h2-10,19-20,26H,1H3,(H,22,24,25)/b13-9+,19-8?. The van der Waals surface area contributed by atoms with Gasteiger partial charge in [0.05, 0.1) is 5.52 Å². The van der Waals surface area contributed by atoms with Crippen LogP contribution in [0.2, 0.25) is 0 Å². The van der Waals surface area contributed by atoms with Crippen molar-refractivity contribution in [1.29, 1.82) is 5.41 Å². The van der Waals surface area contributed by atoms with Crippen LogP contribution in [0, 0.1) is 5.41 Å². The summed E-state index contributed by atoms with van der Waals surface area (Å²) in [5.74, 6) is 0. The van der Waals surface area contributed by atoms with Gasteiger partial charge in [0.1, 0.15) is 0 Å². The highest BCUT2D eigenvalue weighted by Gasteiger charge is 2.07. The number of thiol groups is 1.